The van der Waals surface area contributed by atoms with E-state index in [9.17, 15) is 4.79 Å². The third-order valence-electron chi connectivity index (χ3n) is 1.72. The predicted octanol–water partition coefficient (Wildman–Crippen LogP) is 0.984. The summed E-state index contributed by atoms with van der Waals surface area (Å²) in [7, 11) is 1.82. The van der Waals surface area contributed by atoms with Crippen LogP contribution in [0.4, 0.5) is 4.79 Å². The summed E-state index contributed by atoms with van der Waals surface area (Å²) in [5.74, 6) is 0. The van der Waals surface area contributed by atoms with Crippen LogP contribution in [0, 0.1) is 0 Å². The first kappa shape index (κ1) is 12.4. The minimum atomic E-state index is -2.55. The van der Waals surface area contributed by atoms with Gasteiger partial charge < -0.3 is 18.6 Å². The Morgan fingerprint density at radius 2 is 1.85 bits per heavy atom. The first-order chi connectivity index (χ1) is 6.14. The van der Waals surface area contributed by atoms with E-state index in [1.807, 2.05) is 6.92 Å². The fourth-order valence-corrected chi connectivity index (χ4v) is 2.96. The van der Waals surface area contributed by atoms with Crippen molar-refractivity contribution in [1.29, 1.82) is 0 Å². The van der Waals surface area contributed by atoms with E-state index in [1.54, 1.807) is 0 Å². The molecule has 0 aliphatic carbocycles. The van der Waals surface area contributed by atoms with Crippen LogP contribution in [-0.4, -0.2) is 36.1 Å². The topological polar surface area (TPSA) is 56.8 Å². The summed E-state index contributed by atoms with van der Waals surface area (Å²) in [5.41, 5.74) is 0. The summed E-state index contributed by atoms with van der Waals surface area (Å²) in [6.07, 6.45) is 0.376. The second-order valence-electron chi connectivity index (χ2n) is 2.53. The fourth-order valence-electron chi connectivity index (χ4n) is 0.988. The van der Waals surface area contributed by atoms with E-state index in [4.69, 9.17) is 8.85 Å². The Morgan fingerprint density at radius 3 is 2.15 bits per heavy atom. The molecule has 0 heterocycles. The zero-order valence-corrected chi connectivity index (χ0v) is 9.55. The molecule has 78 valence electrons. The lowest BCUT2D eigenvalue weighted by molar-refractivity contribution is 0.163. The molecule has 1 N–H and O–H groups in total. The maximum Gasteiger partial charge on any atom is 0.461 e. The Balaban J connectivity index is 4.28. The third-order valence-corrected chi connectivity index (χ3v) is 4.78. The normalized spacial score (nSPS) is 11.1. The molecule has 0 aromatic carbocycles. The van der Waals surface area contributed by atoms with E-state index in [1.165, 1.54) is 21.3 Å². The van der Waals surface area contributed by atoms with E-state index in [0.717, 1.165) is 6.42 Å². The molecule has 0 aliphatic rings. The van der Waals surface area contributed by atoms with E-state index < -0.39 is 14.8 Å². The molecule has 0 spiro atoms. The summed E-state index contributed by atoms with van der Waals surface area (Å²) in [6.45, 7) is 2.00. The van der Waals surface area contributed by atoms with Gasteiger partial charge in [-0.05, 0) is 0 Å². The van der Waals surface area contributed by atoms with Crippen LogP contribution in [0.5, 0.6) is 0 Å². The van der Waals surface area contributed by atoms with E-state index in [-0.39, 0.29) is 0 Å². The van der Waals surface area contributed by atoms with Gasteiger partial charge in [-0.25, -0.2) is 4.79 Å². The van der Waals surface area contributed by atoms with Crippen molar-refractivity contribution in [3.63, 3.8) is 0 Å². The van der Waals surface area contributed by atoms with Crippen molar-refractivity contribution in [1.82, 2.24) is 4.98 Å². The lowest BCUT2D eigenvalue weighted by Gasteiger charge is -2.25. The monoisotopic (exact) mass is 207 g/mol. The van der Waals surface area contributed by atoms with Crippen LogP contribution >= 0.6 is 0 Å². The largest absolute Gasteiger partial charge is 0.461 e. The summed E-state index contributed by atoms with van der Waals surface area (Å²) in [6, 6.07) is 0.703. The Kier molecular flexibility index (Phi) is 5.68. The first-order valence-corrected chi connectivity index (χ1v) is 6.13. The van der Waals surface area contributed by atoms with Gasteiger partial charge in [-0.1, -0.05) is 13.3 Å². The number of nitrogens with one attached hydrogen (secondary N) is 1. The number of carbonyl (C=O) groups is 1. The van der Waals surface area contributed by atoms with Crippen LogP contribution in [0.3, 0.4) is 0 Å². The molecule has 0 aromatic heterocycles. The van der Waals surface area contributed by atoms with Gasteiger partial charge >= 0.3 is 14.8 Å². The second-order valence-corrected chi connectivity index (χ2v) is 5.60. The molecular weight excluding hydrogens is 190 g/mol. The smallest absolute Gasteiger partial charge is 0.453 e. The molecule has 5 nitrogen and oxygen atoms in total. The average molecular weight is 207 g/mol. The van der Waals surface area contributed by atoms with Gasteiger partial charge in [0.25, 0.3) is 0 Å². The molecule has 0 bridgehead atoms. The third kappa shape index (κ3) is 3.75. The number of ether oxygens (including phenoxy) is 1. The molecule has 6 heteroatoms. The molecule has 0 fully saturated rings. The number of methoxy groups -OCH3 is 1. The fraction of sp³-hybridized carbons (Fsp3) is 0.857. The summed E-state index contributed by atoms with van der Waals surface area (Å²) in [5, 5.41) is 0. The summed E-state index contributed by atoms with van der Waals surface area (Å²) < 4.78 is 14.9. The van der Waals surface area contributed by atoms with Crippen LogP contribution in [0.15, 0.2) is 0 Å². The molecule has 0 atom stereocenters. The Bertz CT molecular complexity index is 161. The molecule has 1 amide bonds. The molecule has 0 saturated heterocycles. The highest BCUT2D eigenvalue weighted by Crippen LogP contribution is 2.10. The highest BCUT2D eigenvalue weighted by Gasteiger charge is 2.38. The second kappa shape index (κ2) is 5.95. The predicted molar refractivity (Wildman–Crippen MR) is 50.4 cm³/mol. The molecule has 0 aromatic rings. The molecule has 0 aliphatic heterocycles. The van der Waals surface area contributed by atoms with Crippen molar-refractivity contribution in [2.45, 2.75) is 19.4 Å². The van der Waals surface area contributed by atoms with Crippen molar-refractivity contribution >= 4 is 14.8 Å². The lowest BCUT2D eigenvalue weighted by atomic mass is 10.6. The Morgan fingerprint density at radius 1 is 1.31 bits per heavy atom. The minimum absolute atomic E-state index is 0.510. The SMILES string of the molecule is CCC[Si](NC(=O)OC)(OC)OC. The van der Waals surface area contributed by atoms with Crippen molar-refractivity contribution in [3.05, 3.63) is 0 Å². The summed E-state index contributed by atoms with van der Waals surface area (Å²) in [4.78, 5) is 13.6. The molecule has 0 unspecified atom stereocenters. The molecule has 13 heavy (non-hydrogen) atoms. The average Bonchev–Trinajstić information content (AvgIpc) is 2.17. The van der Waals surface area contributed by atoms with Gasteiger partial charge in [0.1, 0.15) is 0 Å². The van der Waals surface area contributed by atoms with Gasteiger partial charge in [-0.3, -0.25) is 0 Å². The number of hydrogen-bond acceptors (Lipinski definition) is 4. The quantitative estimate of drug-likeness (QED) is 0.683. The molecule has 0 saturated carbocycles. The van der Waals surface area contributed by atoms with Gasteiger partial charge in [-0.15, -0.1) is 0 Å². The van der Waals surface area contributed by atoms with Gasteiger partial charge in [0, 0.05) is 20.3 Å². The minimum Gasteiger partial charge on any atom is -0.453 e. The van der Waals surface area contributed by atoms with Crippen molar-refractivity contribution in [2.24, 2.45) is 0 Å². The molecule has 0 rings (SSSR count). The van der Waals surface area contributed by atoms with Gasteiger partial charge in [0.2, 0.25) is 0 Å². The lowest BCUT2D eigenvalue weighted by Crippen LogP contribution is -2.57. The maximum atomic E-state index is 11.0. The van der Waals surface area contributed by atoms with Crippen LogP contribution in [0.2, 0.25) is 6.04 Å². The van der Waals surface area contributed by atoms with Gasteiger partial charge in [0.15, 0.2) is 0 Å². The van der Waals surface area contributed by atoms with Gasteiger partial charge in [-0.2, -0.15) is 0 Å². The van der Waals surface area contributed by atoms with Crippen molar-refractivity contribution in [3.8, 4) is 0 Å². The first-order valence-electron chi connectivity index (χ1n) is 4.10. The number of amides is 1. The van der Waals surface area contributed by atoms with Crippen LogP contribution < -0.4 is 4.98 Å². The summed E-state index contributed by atoms with van der Waals surface area (Å²) >= 11 is 0. The Hall–Kier alpha value is -0.593. The molecule has 0 radical (unpaired) electrons. The molecular formula is C7H17NO4Si. The number of rotatable bonds is 5. The van der Waals surface area contributed by atoms with E-state index in [2.05, 4.69) is 9.72 Å². The van der Waals surface area contributed by atoms with E-state index in [0.29, 0.717) is 6.04 Å². The zero-order valence-electron chi connectivity index (χ0n) is 8.55. The van der Waals surface area contributed by atoms with Crippen LogP contribution in [0.25, 0.3) is 0 Å². The van der Waals surface area contributed by atoms with Crippen LogP contribution in [0.1, 0.15) is 13.3 Å². The van der Waals surface area contributed by atoms with Crippen molar-refractivity contribution in [2.75, 3.05) is 21.3 Å². The Labute approximate surface area is 79.7 Å². The van der Waals surface area contributed by atoms with Gasteiger partial charge in [0.05, 0.1) is 7.11 Å². The zero-order chi connectivity index (χ0) is 10.3. The van der Waals surface area contributed by atoms with Crippen LogP contribution in [-0.2, 0) is 13.6 Å². The number of carbonyl (C=O) groups excluding carboxylic acids is 1. The van der Waals surface area contributed by atoms with Crippen molar-refractivity contribution < 1.29 is 18.4 Å². The van der Waals surface area contributed by atoms with E-state index >= 15 is 0 Å². The number of hydrogen-bond donors (Lipinski definition) is 1. The highest BCUT2D eigenvalue weighted by molar-refractivity contribution is 6.67. The highest BCUT2D eigenvalue weighted by atomic mass is 28.4. The maximum absolute atomic E-state index is 11.0. The standard InChI is InChI=1S/C7H17NO4Si/c1-5-6-13(11-3,12-4)8-7(9)10-2/h5-6H2,1-4H3,(H,8,9).